The molecule has 2 aromatic rings. The number of carboxylic acids is 1. The number of nitrogens with zero attached hydrogens (tertiary/aromatic N) is 1. The SMILES string of the molecule is CC(C)c1ccc(-c2cnc(CC(=O)O)[nH]2)cc1. The van der Waals surface area contributed by atoms with E-state index in [1.54, 1.807) is 6.20 Å². The second-order valence-corrected chi connectivity index (χ2v) is 4.59. The predicted octanol–water partition coefficient (Wildman–Crippen LogP) is 2.83. The Morgan fingerprint density at radius 1 is 1.33 bits per heavy atom. The standard InChI is InChI=1S/C14H16N2O2/c1-9(2)10-3-5-11(6-4-10)12-8-15-13(16-12)7-14(17)18/h3-6,8-9H,7H2,1-2H3,(H,15,16)(H,17,18). The number of carboxylic acid groups (broad SMARTS) is 1. The molecule has 1 heterocycles. The van der Waals surface area contributed by atoms with Crippen molar-refractivity contribution in [3.8, 4) is 11.3 Å². The summed E-state index contributed by atoms with van der Waals surface area (Å²) >= 11 is 0. The number of imidazole rings is 1. The molecule has 0 spiro atoms. The fourth-order valence-electron chi connectivity index (χ4n) is 1.79. The topological polar surface area (TPSA) is 66.0 Å². The molecule has 0 radical (unpaired) electrons. The minimum absolute atomic E-state index is 0.0793. The van der Waals surface area contributed by atoms with E-state index in [9.17, 15) is 4.79 Å². The highest BCUT2D eigenvalue weighted by atomic mass is 16.4. The lowest BCUT2D eigenvalue weighted by atomic mass is 10.0. The van der Waals surface area contributed by atoms with Gasteiger partial charge in [-0.25, -0.2) is 4.98 Å². The summed E-state index contributed by atoms with van der Waals surface area (Å²) < 4.78 is 0. The molecule has 2 rings (SSSR count). The summed E-state index contributed by atoms with van der Waals surface area (Å²) in [5.74, 6) is 0.0971. The molecule has 0 saturated carbocycles. The molecule has 18 heavy (non-hydrogen) atoms. The first-order valence-corrected chi connectivity index (χ1v) is 5.92. The maximum Gasteiger partial charge on any atom is 0.311 e. The van der Waals surface area contributed by atoms with Gasteiger partial charge in [0.1, 0.15) is 12.2 Å². The van der Waals surface area contributed by atoms with E-state index in [0.29, 0.717) is 11.7 Å². The second kappa shape index (κ2) is 5.04. The number of carbonyl (C=O) groups is 1. The van der Waals surface area contributed by atoms with E-state index in [0.717, 1.165) is 11.3 Å². The van der Waals surface area contributed by atoms with Gasteiger partial charge in [-0.05, 0) is 17.0 Å². The van der Waals surface area contributed by atoms with Crippen LogP contribution in [0.2, 0.25) is 0 Å². The number of rotatable bonds is 4. The fourth-order valence-corrected chi connectivity index (χ4v) is 1.79. The molecule has 0 aliphatic heterocycles. The molecule has 0 bridgehead atoms. The molecule has 94 valence electrons. The molecule has 0 amide bonds. The number of nitrogens with one attached hydrogen (secondary N) is 1. The lowest BCUT2D eigenvalue weighted by Crippen LogP contribution is -2.01. The monoisotopic (exact) mass is 244 g/mol. The molecule has 1 aromatic carbocycles. The van der Waals surface area contributed by atoms with Gasteiger partial charge in [-0.1, -0.05) is 38.1 Å². The van der Waals surface area contributed by atoms with Crippen LogP contribution in [-0.4, -0.2) is 21.0 Å². The third-order valence-corrected chi connectivity index (χ3v) is 2.84. The van der Waals surface area contributed by atoms with Gasteiger partial charge in [-0.2, -0.15) is 0 Å². The average Bonchev–Trinajstić information content (AvgIpc) is 2.76. The molecule has 4 heteroatoms. The van der Waals surface area contributed by atoms with Crippen LogP contribution in [0.15, 0.2) is 30.5 Å². The molecule has 1 aromatic heterocycles. The van der Waals surface area contributed by atoms with E-state index >= 15 is 0 Å². The number of hydrogen-bond donors (Lipinski definition) is 2. The van der Waals surface area contributed by atoms with Crippen molar-refractivity contribution in [1.29, 1.82) is 0 Å². The Kier molecular flexibility index (Phi) is 3.46. The highest BCUT2D eigenvalue weighted by molar-refractivity contribution is 5.69. The summed E-state index contributed by atoms with van der Waals surface area (Å²) in [5, 5.41) is 8.68. The largest absolute Gasteiger partial charge is 0.481 e. The normalized spacial score (nSPS) is 10.8. The molecule has 0 fully saturated rings. The molecule has 0 aliphatic carbocycles. The van der Waals surface area contributed by atoms with E-state index in [-0.39, 0.29) is 6.42 Å². The Balaban J connectivity index is 2.20. The molecule has 0 unspecified atom stereocenters. The highest BCUT2D eigenvalue weighted by Crippen LogP contribution is 2.21. The minimum atomic E-state index is -0.883. The van der Waals surface area contributed by atoms with Crippen LogP contribution >= 0.6 is 0 Å². The summed E-state index contributed by atoms with van der Waals surface area (Å²) in [6.45, 7) is 4.30. The second-order valence-electron chi connectivity index (χ2n) is 4.59. The summed E-state index contributed by atoms with van der Waals surface area (Å²) in [6.07, 6.45) is 1.59. The van der Waals surface area contributed by atoms with Crippen molar-refractivity contribution in [2.45, 2.75) is 26.2 Å². The lowest BCUT2D eigenvalue weighted by molar-refractivity contribution is -0.136. The smallest absolute Gasteiger partial charge is 0.311 e. The Morgan fingerprint density at radius 3 is 2.56 bits per heavy atom. The van der Waals surface area contributed by atoms with E-state index in [1.165, 1.54) is 5.56 Å². The Hall–Kier alpha value is -2.10. The van der Waals surface area contributed by atoms with E-state index in [2.05, 4.69) is 35.9 Å². The highest BCUT2D eigenvalue weighted by Gasteiger charge is 2.07. The lowest BCUT2D eigenvalue weighted by Gasteiger charge is -2.05. The van der Waals surface area contributed by atoms with Crippen molar-refractivity contribution in [2.24, 2.45) is 0 Å². The third kappa shape index (κ3) is 2.77. The van der Waals surface area contributed by atoms with Crippen LogP contribution < -0.4 is 0 Å². The summed E-state index contributed by atoms with van der Waals surface area (Å²) in [7, 11) is 0. The number of aromatic amines is 1. The quantitative estimate of drug-likeness (QED) is 0.869. The zero-order valence-corrected chi connectivity index (χ0v) is 10.5. The van der Waals surface area contributed by atoms with Crippen molar-refractivity contribution in [2.75, 3.05) is 0 Å². The molecule has 4 nitrogen and oxygen atoms in total. The molecular weight excluding hydrogens is 228 g/mol. The van der Waals surface area contributed by atoms with Crippen molar-refractivity contribution >= 4 is 5.97 Å². The Morgan fingerprint density at radius 2 is 2.00 bits per heavy atom. The first kappa shape index (κ1) is 12.4. The van der Waals surface area contributed by atoms with Crippen LogP contribution in [0.4, 0.5) is 0 Å². The van der Waals surface area contributed by atoms with Crippen molar-refractivity contribution < 1.29 is 9.90 Å². The van der Waals surface area contributed by atoms with Gasteiger partial charge in [-0.15, -0.1) is 0 Å². The van der Waals surface area contributed by atoms with Gasteiger partial charge in [0.05, 0.1) is 11.9 Å². The molecule has 0 saturated heterocycles. The Labute approximate surface area is 106 Å². The predicted molar refractivity (Wildman–Crippen MR) is 69.5 cm³/mol. The summed E-state index contributed by atoms with van der Waals surface area (Å²) in [4.78, 5) is 17.6. The number of hydrogen-bond acceptors (Lipinski definition) is 2. The molecule has 2 N–H and O–H groups in total. The molecule has 0 atom stereocenters. The maximum absolute atomic E-state index is 10.6. The van der Waals surface area contributed by atoms with Gasteiger partial charge in [-0.3, -0.25) is 4.79 Å². The van der Waals surface area contributed by atoms with Gasteiger partial charge >= 0.3 is 5.97 Å². The first-order chi connectivity index (χ1) is 8.56. The molecular formula is C14H16N2O2. The minimum Gasteiger partial charge on any atom is -0.481 e. The number of benzene rings is 1. The Bertz CT molecular complexity index is 541. The van der Waals surface area contributed by atoms with E-state index in [4.69, 9.17) is 5.11 Å². The van der Waals surface area contributed by atoms with Crippen molar-refractivity contribution in [3.05, 3.63) is 41.9 Å². The van der Waals surface area contributed by atoms with E-state index in [1.807, 2.05) is 12.1 Å². The first-order valence-electron chi connectivity index (χ1n) is 5.92. The van der Waals surface area contributed by atoms with Crippen LogP contribution in [-0.2, 0) is 11.2 Å². The van der Waals surface area contributed by atoms with Gasteiger partial charge in [0.15, 0.2) is 0 Å². The summed E-state index contributed by atoms with van der Waals surface area (Å²) in [5.41, 5.74) is 3.15. The fraction of sp³-hybridized carbons (Fsp3) is 0.286. The van der Waals surface area contributed by atoms with Gasteiger partial charge in [0.25, 0.3) is 0 Å². The zero-order chi connectivity index (χ0) is 13.1. The average molecular weight is 244 g/mol. The van der Waals surface area contributed by atoms with Gasteiger partial charge < -0.3 is 10.1 Å². The van der Waals surface area contributed by atoms with Crippen LogP contribution in [0.25, 0.3) is 11.3 Å². The van der Waals surface area contributed by atoms with Crippen molar-refractivity contribution in [1.82, 2.24) is 9.97 Å². The third-order valence-electron chi connectivity index (χ3n) is 2.84. The number of H-pyrrole nitrogens is 1. The van der Waals surface area contributed by atoms with E-state index < -0.39 is 5.97 Å². The van der Waals surface area contributed by atoms with Gasteiger partial charge in [0, 0.05) is 0 Å². The van der Waals surface area contributed by atoms with Gasteiger partial charge in [0.2, 0.25) is 0 Å². The van der Waals surface area contributed by atoms with Crippen LogP contribution in [0.3, 0.4) is 0 Å². The zero-order valence-electron chi connectivity index (χ0n) is 10.5. The van der Waals surface area contributed by atoms with Crippen LogP contribution in [0, 0.1) is 0 Å². The van der Waals surface area contributed by atoms with Crippen LogP contribution in [0.5, 0.6) is 0 Å². The number of aliphatic carboxylic acids is 1. The number of aromatic nitrogens is 2. The molecule has 0 aliphatic rings. The summed E-state index contributed by atoms with van der Waals surface area (Å²) in [6, 6.07) is 8.20. The van der Waals surface area contributed by atoms with Crippen molar-refractivity contribution in [3.63, 3.8) is 0 Å². The maximum atomic E-state index is 10.6. The van der Waals surface area contributed by atoms with Crippen LogP contribution in [0.1, 0.15) is 31.2 Å².